The molecule has 16 heteroatoms. The van der Waals surface area contributed by atoms with Gasteiger partial charge in [0.2, 0.25) is 6.10 Å². The maximum atomic E-state index is 15.7. The summed E-state index contributed by atoms with van der Waals surface area (Å²) < 4.78 is 48.5. The zero-order chi connectivity index (χ0) is 47.9. The molecule has 2 aromatic rings. The highest BCUT2D eigenvalue weighted by Gasteiger charge is 2.78. The van der Waals surface area contributed by atoms with Crippen LogP contribution in [0.5, 0.6) is 0 Å². The van der Waals surface area contributed by atoms with E-state index in [0.717, 1.165) is 0 Å². The normalized spacial score (nSPS) is 31.0. The number of hydrogen-bond donors (Lipinski definition) is 2. The number of Topliss-reactive ketones (excluding diaryl/α,β-unsaturated/α-hetero) is 1. The summed E-state index contributed by atoms with van der Waals surface area (Å²) in [6.45, 7) is 14.0. The summed E-state index contributed by atoms with van der Waals surface area (Å²) in [6, 6.07) is 14.9. The predicted octanol–water partition coefficient (Wildman–Crippen LogP) is 5.14. The molecule has 350 valence electrons. The van der Waals surface area contributed by atoms with E-state index in [1.807, 2.05) is 0 Å². The highest BCUT2D eigenvalue weighted by Crippen LogP contribution is 2.64. The average Bonchev–Trinajstić information content (AvgIpc) is 3.23. The minimum atomic E-state index is -2.28. The standard InChI is InChI=1S/C49H59NO15/c1-12-19-34(52)62-38(36(29-20-15-13-16-21-29)50-44(56)65-45(4,5)6)43(55)61-31-25-49(57)41(63-42(54)30-22-17-14-18-23-30)39-47(9,40(53)37(59-11)35(27(31)2)46(49,7)8)32(58-10)24-33-48(39,26-60-33)64-28(3)51/h13-18,20-23,31-33,36-39,41,57H,24-26H2,1-11H3,(H,50,56)/t31-,32-,33+,36-,37+,38+,39-,41-,47+,48-,49+/m0/s1. The van der Waals surface area contributed by atoms with Crippen molar-refractivity contribution in [3.05, 3.63) is 82.9 Å². The molecule has 3 fully saturated rings. The van der Waals surface area contributed by atoms with Crippen molar-refractivity contribution < 1.29 is 71.8 Å². The lowest BCUT2D eigenvalue weighted by molar-refractivity contribution is -0.347. The van der Waals surface area contributed by atoms with Crippen LogP contribution in [0.25, 0.3) is 0 Å². The maximum Gasteiger partial charge on any atom is 0.408 e. The minimum Gasteiger partial charge on any atom is -0.455 e. The molecule has 6 rings (SSSR count). The second-order valence-corrected chi connectivity index (χ2v) is 18.8. The molecule has 0 radical (unpaired) electrons. The van der Waals surface area contributed by atoms with Crippen LogP contribution in [0.2, 0.25) is 0 Å². The summed E-state index contributed by atoms with van der Waals surface area (Å²) in [5, 5.41) is 16.5. The molecule has 2 bridgehead atoms. The van der Waals surface area contributed by atoms with Gasteiger partial charge in [-0.15, -0.1) is 0 Å². The lowest BCUT2D eigenvalue weighted by Gasteiger charge is -2.67. The zero-order valence-electron chi connectivity index (χ0n) is 38.7. The van der Waals surface area contributed by atoms with Crippen molar-refractivity contribution in [1.29, 1.82) is 0 Å². The molecule has 0 aromatic heterocycles. The van der Waals surface area contributed by atoms with Gasteiger partial charge >= 0.3 is 30.0 Å². The number of esters is 4. The first kappa shape index (κ1) is 48.8. The van der Waals surface area contributed by atoms with Crippen LogP contribution >= 0.6 is 0 Å². The van der Waals surface area contributed by atoms with E-state index in [-0.39, 0.29) is 24.2 Å². The van der Waals surface area contributed by atoms with Crippen LogP contribution in [0, 0.1) is 28.6 Å². The number of hydrogen-bond acceptors (Lipinski definition) is 15. The SMILES string of the molecule is CC#CC(=O)O[C@@H](C(=O)O[C@H]1C[C@@]2(O)[C@@H](OC(=O)c3ccccc3)[C@@H]3[C@]4(OC(C)=O)CO[C@@H]4C[C@H](OC)[C@@]3(C)C(=O)[C@H](OC)C(=C1C)C2(C)C)[C@@H](NC(=O)OC(C)(C)C)c1ccccc1. The van der Waals surface area contributed by atoms with Gasteiger partial charge in [-0.05, 0) is 70.4 Å². The Bertz CT molecular complexity index is 2270. The summed E-state index contributed by atoms with van der Waals surface area (Å²) in [6.07, 6.45) is -9.57. The lowest BCUT2D eigenvalue weighted by Crippen LogP contribution is -2.82. The number of rotatable bonds is 11. The number of carbonyl (C=O) groups is 6. The number of nitrogens with one attached hydrogen (secondary N) is 1. The average molecular weight is 902 g/mol. The summed E-state index contributed by atoms with van der Waals surface area (Å²) in [5.41, 5.74) is -7.11. The number of benzene rings is 2. The Balaban J connectivity index is 1.56. The van der Waals surface area contributed by atoms with Gasteiger partial charge < -0.3 is 48.3 Å². The molecule has 0 unspecified atom stereocenters. The molecular weight excluding hydrogens is 843 g/mol. The van der Waals surface area contributed by atoms with Gasteiger partial charge in [-0.1, -0.05) is 68.3 Å². The van der Waals surface area contributed by atoms with E-state index in [2.05, 4.69) is 17.2 Å². The summed E-state index contributed by atoms with van der Waals surface area (Å²) in [7, 11) is 2.76. The van der Waals surface area contributed by atoms with E-state index < -0.39 is 118 Å². The third-order valence-corrected chi connectivity index (χ3v) is 13.5. The highest BCUT2D eigenvalue weighted by atomic mass is 16.6. The van der Waals surface area contributed by atoms with Gasteiger partial charge in [-0.3, -0.25) is 9.59 Å². The van der Waals surface area contributed by atoms with Crippen LogP contribution < -0.4 is 5.32 Å². The second kappa shape index (κ2) is 18.4. The Morgan fingerprint density at radius 2 is 1.57 bits per heavy atom. The van der Waals surface area contributed by atoms with Gasteiger partial charge in [0.15, 0.2) is 11.4 Å². The van der Waals surface area contributed by atoms with Crippen molar-refractivity contribution in [2.45, 2.75) is 135 Å². The fraction of sp³-hybridized carbons (Fsp3) is 0.551. The molecule has 65 heavy (non-hydrogen) atoms. The molecule has 0 spiro atoms. The van der Waals surface area contributed by atoms with Crippen LogP contribution in [0.15, 0.2) is 71.8 Å². The lowest BCUT2D eigenvalue weighted by atomic mass is 9.44. The van der Waals surface area contributed by atoms with Crippen molar-refractivity contribution in [3.8, 4) is 11.8 Å². The van der Waals surface area contributed by atoms with E-state index in [1.165, 1.54) is 40.2 Å². The van der Waals surface area contributed by atoms with E-state index >= 15 is 4.79 Å². The van der Waals surface area contributed by atoms with Gasteiger partial charge in [0.25, 0.3) is 0 Å². The topological polar surface area (TPSA) is 209 Å². The van der Waals surface area contributed by atoms with Gasteiger partial charge in [-0.25, -0.2) is 19.2 Å². The predicted molar refractivity (Wildman–Crippen MR) is 231 cm³/mol. The highest BCUT2D eigenvalue weighted by molar-refractivity contribution is 5.95. The minimum absolute atomic E-state index is 0.0980. The van der Waals surface area contributed by atoms with Crippen LogP contribution in [-0.4, -0.2) is 115 Å². The van der Waals surface area contributed by atoms with Crippen molar-refractivity contribution >= 4 is 35.8 Å². The molecule has 1 heterocycles. The van der Waals surface area contributed by atoms with Crippen LogP contribution in [0.3, 0.4) is 0 Å². The fourth-order valence-electron chi connectivity index (χ4n) is 10.4. The quantitative estimate of drug-likeness (QED) is 0.0984. The van der Waals surface area contributed by atoms with Crippen LogP contribution in [-0.2, 0) is 57.1 Å². The summed E-state index contributed by atoms with van der Waals surface area (Å²) >= 11 is 0. The Hall–Kier alpha value is -5.60. The smallest absolute Gasteiger partial charge is 0.408 e. The molecule has 2 N–H and O–H groups in total. The molecule has 2 aromatic carbocycles. The Kier molecular flexibility index (Phi) is 13.8. The first-order valence-electron chi connectivity index (χ1n) is 21.5. The van der Waals surface area contributed by atoms with Gasteiger partial charge in [0, 0.05) is 45.3 Å². The number of amides is 1. The molecule has 1 saturated heterocycles. The van der Waals surface area contributed by atoms with Crippen molar-refractivity contribution in [2.24, 2.45) is 16.7 Å². The first-order valence-corrected chi connectivity index (χ1v) is 21.5. The van der Waals surface area contributed by atoms with E-state index in [0.29, 0.717) is 11.1 Å². The van der Waals surface area contributed by atoms with Gasteiger partial charge in [0.1, 0.15) is 41.7 Å². The number of methoxy groups -OCH3 is 2. The number of carbonyl (C=O) groups excluding carboxylic acids is 6. The van der Waals surface area contributed by atoms with Gasteiger partial charge in [-0.2, -0.15) is 0 Å². The molecule has 16 nitrogen and oxygen atoms in total. The third kappa shape index (κ3) is 8.79. The van der Waals surface area contributed by atoms with Crippen LogP contribution in [0.1, 0.15) is 97.1 Å². The van der Waals surface area contributed by atoms with Crippen molar-refractivity contribution in [3.63, 3.8) is 0 Å². The second-order valence-electron chi connectivity index (χ2n) is 18.8. The Labute approximate surface area is 378 Å². The summed E-state index contributed by atoms with van der Waals surface area (Å²) in [4.78, 5) is 84.7. The van der Waals surface area contributed by atoms with Crippen molar-refractivity contribution in [2.75, 3.05) is 20.8 Å². The molecule has 2 saturated carbocycles. The number of aliphatic hydroxyl groups is 1. The molecule has 3 aliphatic carbocycles. The Morgan fingerprint density at radius 1 is 0.938 bits per heavy atom. The molecule has 1 aliphatic heterocycles. The largest absolute Gasteiger partial charge is 0.455 e. The number of fused-ring (bicyclic) bond motifs is 5. The zero-order valence-corrected chi connectivity index (χ0v) is 38.7. The number of alkyl carbamates (subject to hydrolysis) is 1. The Morgan fingerprint density at radius 3 is 2.11 bits per heavy atom. The molecule has 11 atom stereocenters. The first-order chi connectivity index (χ1) is 30.5. The van der Waals surface area contributed by atoms with E-state index in [9.17, 15) is 29.1 Å². The number of ether oxygens (including phenoxy) is 8. The van der Waals surface area contributed by atoms with Gasteiger partial charge in [0.05, 0.1) is 29.6 Å². The monoisotopic (exact) mass is 901 g/mol. The van der Waals surface area contributed by atoms with Crippen molar-refractivity contribution in [1.82, 2.24) is 5.32 Å². The maximum absolute atomic E-state index is 15.7. The molecule has 1 amide bonds. The van der Waals surface area contributed by atoms with Crippen LogP contribution in [0.4, 0.5) is 4.79 Å². The van der Waals surface area contributed by atoms with E-state index in [1.54, 1.807) is 97.0 Å². The molecular formula is C49H59NO15. The van der Waals surface area contributed by atoms with E-state index in [4.69, 9.17) is 37.9 Å². The fourth-order valence-corrected chi connectivity index (χ4v) is 10.4. The summed E-state index contributed by atoms with van der Waals surface area (Å²) in [5.74, 6) is -1.04. The third-order valence-electron chi connectivity index (χ3n) is 13.5. The molecule has 4 aliphatic rings. The number of ketones is 1.